The highest BCUT2D eigenvalue weighted by Crippen LogP contribution is 2.32. The van der Waals surface area contributed by atoms with Gasteiger partial charge in [0.25, 0.3) is 0 Å². The molecule has 0 fully saturated rings. The van der Waals surface area contributed by atoms with Crippen LogP contribution in [-0.2, 0) is 11.3 Å². The zero-order valence-corrected chi connectivity index (χ0v) is 8.20. The highest BCUT2D eigenvalue weighted by Gasteiger charge is 2.19. The number of nitrogens with two attached hydrogens (primary N) is 2. The molecule has 1 aromatic rings. The molecule has 4 N–H and O–H groups in total. The molecule has 5 heteroatoms. The molecule has 0 amide bonds. The molecule has 1 heterocycles. The van der Waals surface area contributed by atoms with Crippen molar-refractivity contribution < 1.29 is 13.9 Å². The number of fused-ring (bicyclic) bond motifs is 1. The highest BCUT2D eigenvalue weighted by molar-refractivity contribution is 5.44. The second-order valence-electron chi connectivity index (χ2n) is 3.44. The first-order valence-corrected chi connectivity index (χ1v) is 4.71. The minimum atomic E-state index is -0.410. The Morgan fingerprint density at radius 2 is 2.27 bits per heavy atom. The third-order valence-corrected chi connectivity index (χ3v) is 2.36. The fourth-order valence-corrected chi connectivity index (χ4v) is 1.61. The van der Waals surface area contributed by atoms with Crippen molar-refractivity contribution in [3.8, 4) is 5.75 Å². The summed E-state index contributed by atoms with van der Waals surface area (Å²) in [5.74, 6) is 0.266. The predicted octanol–water partition coefficient (Wildman–Crippen LogP) is 0.651. The number of hydrogen-bond donors (Lipinski definition) is 2. The fourth-order valence-electron chi connectivity index (χ4n) is 1.61. The van der Waals surface area contributed by atoms with Gasteiger partial charge in [-0.1, -0.05) is 0 Å². The van der Waals surface area contributed by atoms with E-state index in [1.54, 1.807) is 0 Å². The maximum Gasteiger partial charge on any atom is 0.189 e. The first kappa shape index (κ1) is 10.4. The lowest BCUT2D eigenvalue weighted by atomic mass is 10.0. The van der Waals surface area contributed by atoms with Crippen molar-refractivity contribution in [2.75, 3.05) is 13.3 Å². The van der Waals surface area contributed by atoms with Crippen molar-refractivity contribution in [3.63, 3.8) is 0 Å². The van der Waals surface area contributed by atoms with Crippen molar-refractivity contribution in [1.29, 1.82) is 0 Å². The maximum atomic E-state index is 13.2. The number of ether oxygens (including phenoxy) is 2. The van der Waals surface area contributed by atoms with Gasteiger partial charge in [-0.2, -0.15) is 0 Å². The van der Waals surface area contributed by atoms with Gasteiger partial charge in [-0.05, 0) is 12.1 Å². The van der Waals surface area contributed by atoms with Gasteiger partial charge in [-0.3, -0.25) is 0 Å². The van der Waals surface area contributed by atoms with Gasteiger partial charge < -0.3 is 20.9 Å². The summed E-state index contributed by atoms with van der Waals surface area (Å²) >= 11 is 0. The molecule has 1 aromatic carbocycles. The summed E-state index contributed by atoms with van der Waals surface area (Å²) in [5, 5.41) is 0. The predicted molar refractivity (Wildman–Crippen MR) is 52.7 cm³/mol. The van der Waals surface area contributed by atoms with E-state index in [2.05, 4.69) is 0 Å². The van der Waals surface area contributed by atoms with Gasteiger partial charge in [0.15, 0.2) is 6.79 Å². The van der Waals surface area contributed by atoms with E-state index in [1.165, 1.54) is 12.1 Å². The lowest BCUT2D eigenvalue weighted by Gasteiger charge is -2.22. The molecule has 0 spiro atoms. The van der Waals surface area contributed by atoms with E-state index in [1.807, 2.05) is 0 Å². The molecule has 0 saturated carbocycles. The number of rotatable bonds is 2. The van der Waals surface area contributed by atoms with E-state index >= 15 is 0 Å². The standard InChI is InChI=1S/C10H13FN2O2/c11-7-1-6-4-14-5-15-10(6)8(2-7)9(13)3-12/h1-2,9H,3-5,12-13H2. The summed E-state index contributed by atoms with van der Waals surface area (Å²) < 4.78 is 23.6. The van der Waals surface area contributed by atoms with E-state index in [-0.39, 0.29) is 19.2 Å². The Morgan fingerprint density at radius 3 is 3.00 bits per heavy atom. The van der Waals surface area contributed by atoms with Gasteiger partial charge in [-0.15, -0.1) is 0 Å². The topological polar surface area (TPSA) is 70.5 Å². The summed E-state index contributed by atoms with van der Waals surface area (Å²) in [6.07, 6.45) is 0. The molecule has 1 aliphatic rings. The van der Waals surface area contributed by atoms with Crippen LogP contribution in [0.2, 0.25) is 0 Å². The third-order valence-electron chi connectivity index (χ3n) is 2.36. The number of hydrogen-bond acceptors (Lipinski definition) is 4. The average Bonchev–Trinajstić information content (AvgIpc) is 2.26. The molecule has 82 valence electrons. The van der Waals surface area contributed by atoms with Crippen LogP contribution in [0.25, 0.3) is 0 Å². The Balaban J connectivity index is 2.47. The van der Waals surface area contributed by atoms with Crippen LogP contribution in [0.1, 0.15) is 17.2 Å². The molecule has 0 aromatic heterocycles. The van der Waals surface area contributed by atoms with Crippen LogP contribution in [-0.4, -0.2) is 13.3 Å². The van der Waals surface area contributed by atoms with E-state index < -0.39 is 6.04 Å². The maximum absolute atomic E-state index is 13.2. The Morgan fingerprint density at radius 1 is 1.47 bits per heavy atom. The van der Waals surface area contributed by atoms with Crippen molar-refractivity contribution in [2.45, 2.75) is 12.6 Å². The quantitative estimate of drug-likeness (QED) is 0.755. The molecule has 0 radical (unpaired) electrons. The highest BCUT2D eigenvalue weighted by atomic mass is 19.1. The summed E-state index contributed by atoms with van der Waals surface area (Å²) in [7, 11) is 0. The Bertz CT molecular complexity index is 371. The van der Waals surface area contributed by atoms with Crippen molar-refractivity contribution in [3.05, 3.63) is 29.1 Å². The van der Waals surface area contributed by atoms with Crippen LogP contribution in [0.4, 0.5) is 4.39 Å². The molecule has 0 aliphatic carbocycles. The van der Waals surface area contributed by atoms with E-state index in [4.69, 9.17) is 20.9 Å². The Labute approximate surface area is 87.0 Å². The molecule has 15 heavy (non-hydrogen) atoms. The second kappa shape index (κ2) is 4.14. The Kier molecular flexibility index (Phi) is 2.86. The van der Waals surface area contributed by atoms with Crippen molar-refractivity contribution in [2.24, 2.45) is 11.5 Å². The van der Waals surface area contributed by atoms with Crippen LogP contribution < -0.4 is 16.2 Å². The van der Waals surface area contributed by atoms with Crippen LogP contribution >= 0.6 is 0 Å². The smallest absolute Gasteiger partial charge is 0.189 e. The first-order valence-electron chi connectivity index (χ1n) is 4.71. The van der Waals surface area contributed by atoms with E-state index in [0.717, 1.165) is 0 Å². The lowest BCUT2D eigenvalue weighted by Crippen LogP contribution is -2.24. The minimum Gasteiger partial charge on any atom is -0.467 e. The monoisotopic (exact) mass is 212 g/mol. The summed E-state index contributed by atoms with van der Waals surface area (Å²) in [5.41, 5.74) is 12.5. The summed E-state index contributed by atoms with van der Waals surface area (Å²) in [6.45, 7) is 0.764. The van der Waals surface area contributed by atoms with Gasteiger partial charge in [0.1, 0.15) is 11.6 Å². The SMILES string of the molecule is NCC(N)c1cc(F)cc2c1OCOC2. The minimum absolute atomic E-state index is 0.170. The zero-order chi connectivity index (χ0) is 10.8. The molecule has 0 bridgehead atoms. The van der Waals surface area contributed by atoms with Crippen LogP contribution in [0, 0.1) is 5.82 Å². The molecule has 2 rings (SSSR count). The third kappa shape index (κ3) is 1.94. The van der Waals surface area contributed by atoms with Crippen LogP contribution in [0.5, 0.6) is 5.75 Å². The number of halogens is 1. The average molecular weight is 212 g/mol. The molecule has 4 nitrogen and oxygen atoms in total. The second-order valence-corrected chi connectivity index (χ2v) is 3.44. The summed E-state index contributed by atoms with van der Waals surface area (Å²) in [6, 6.07) is 2.34. The van der Waals surface area contributed by atoms with E-state index in [0.29, 0.717) is 23.5 Å². The van der Waals surface area contributed by atoms with Crippen molar-refractivity contribution >= 4 is 0 Å². The fraction of sp³-hybridized carbons (Fsp3) is 0.400. The van der Waals surface area contributed by atoms with Gasteiger partial charge >= 0.3 is 0 Å². The Hall–Kier alpha value is -1.17. The van der Waals surface area contributed by atoms with E-state index in [9.17, 15) is 4.39 Å². The van der Waals surface area contributed by atoms with Gasteiger partial charge in [0, 0.05) is 23.7 Å². The lowest BCUT2D eigenvalue weighted by molar-refractivity contribution is -0.0174. The normalized spacial score (nSPS) is 16.7. The summed E-state index contributed by atoms with van der Waals surface area (Å²) in [4.78, 5) is 0. The zero-order valence-electron chi connectivity index (χ0n) is 8.20. The molecular formula is C10H13FN2O2. The molecule has 1 aliphatic heterocycles. The van der Waals surface area contributed by atoms with Gasteiger partial charge in [-0.25, -0.2) is 4.39 Å². The molecule has 1 unspecified atom stereocenters. The van der Waals surface area contributed by atoms with Gasteiger partial charge in [0.2, 0.25) is 0 Å². The van der Waals surface area contributed by atoms with Gasteiger partial charge in [0.05, 0.1) is 6.61 Å². The largest absolute Gasteiger partial charge is 0.467 e. The van der Waals surface area contributed by atoms with Crippen LogP contribution in [0.3, 0.4) is 0 Å². The molecule has 0 saturated heterocycles. The number of benzene rings is 1. The first-order chi connectivity index (χ1) is 7.22. The van der Waals surface area contributed by atoms with Crippen LogP contribution in [0.15, 0.2) is 12.1 Å². The van der Waals surface area contributed by atoms with Crippen molar-refractivity contribution in [1.82, 2.24) is 0 Å². The molecular weight excluding hydrogens is 199 g/mol. The molecule has 1 atom stereocenters.